The fraction of sp³-hybridized carbons (Fsp3) is 0.143. The van der Waals surface area contributed by atoms with Crippen molar-refractivity contribution >= 4 is 27.5 Å². The second-order valence-corrected chi connectivity index (χ2v) is 8.89. The molecule has 0 radical (unpaired) electrons. The normalized spacial score (nSPS) is 13.9. The highest BCUT2D eigenvalue weighted by atomic mass is 32.2. The Balaban J connectivity index is 1.53. The lowest BCUT2D eigenvalue weighted by Crippen LogP contribution is -2.17. The Morgan fingerprint density at radius 3 is 2.48 bits per heavy atom. The Hall–Kier alpha value is -3.54. The van der Waals surface area contributed by atoms with Crippen molar-refractivity contribution in [3.63, 3.8) is 0 Å². The van der Waals surface area contributed by atoms with Crippen molar-refractivity contribution in [3.05, 3.63) is 83.2 Å². The predicted molar refractivity (Wildman–Crippen MR) is 111 cm³/mol. The number of halogens is 5. The van der Waals surface area contributed by atoms with Gasteiger partial charge in [-0.3, -0.25) is 14.4 Å². The molecule has 1 aromatic heterocycles. The fourth-order valence-corrected chi connectivity index (χ4v) is 4.31. The largest absolute Gasteiger partial charge is 0.408 e. The number of fused-ring (bicyclic) bond motifs is 1. The van der Waals surface area contributed by atoms with Crippen LogP contribution in [0.25, 0.3) is 6.08 Å². The highest BCUT2D eigenvalue weighted by molar-refractivity contribution is 7.92. The van der Waals surface area contributed by atoms with Crippen LogP contribution in [0.1, 0.15) is 16.7 Å². The van der Waals surface area contributed by atoms with Gasteiger partial charge in [0.25, 0.3) is 10.0 Å². The Labute approximate surface area is 185 Å². The van der Waals surface area contributed by atoms with E-state index in [1.165, 1.54) is 24.5 Å². The molecule has 33 heavy (non-hydrogen) atoms. The number of benzene rings is 2. The molecule has 1 N–H and O–H groups in total. The van der Waals surface area contributed by atoms with Gasteiger partial charge in [0.2, 0.25) is 0 Å². The van der Waals surface area contributed by atoms with Gasteiger partial charge in [0.15, 0.2) is 0 Å². The maximum Gasteiger partial charge on any atom is 0.408 e. The summed E-state index contributed by atoms with van der Waals surface area (Å²) >= 11 is 0. The lowest BCUT2D eigenvalue weighted by Gasteiger charge is -2.10. The number of allylic oxidation sites excluding steroid dienone is 1. The number of nitrogens with one attached hydrogen (secondary N) is 1. The van der Waals surface area contributed by atoms with Crippen LogP contribution in [0.2, 0.25) is 0 Å². The summed E-state index contributed by atoms with van der Waals surface area (Å²) in [6.45, 7) is -0.867. The van der Waals surface area contributed by atoms with Crippen LogP contribution < -0.4 is 4.72 Å². The molecule has 3 aromatic rings. The second-order valence-electron chi connectivity index (χ2n) is 7.20. The maximum atomic E-state index is 13.4. The summed E-state index contributed by atoms with van der Waals surface area (Å²) in [6, 6.07) is 6.64. The van der Waals surface area contributed by atoms with E-state index < -0.39 is 39.3 Å². The van der Waals surface area contributed by atoms with Crippen molar-refractivity contribution in [2.75, 3.05) is 4.72 Å². The van der Waals surface area contributed by atoms with Gasteiger partial charge in [-0.05, 0) is 42.0 Å². The van der Waals surface area contributed by atoms with Crippen molar-refractivity contribution in [1.82, 2.24) is 9.78 Å². The van der Waals surface area contributed by atoms with Gasteiger partial charge in [-0.1, -0.05) is 6.07 Å². The number of anilines is 1. The maximum absolute atomic E-state index is 13.4. The van der Waals surface area contributed by atoms with Gasteiger partial charge in [0, 0.05) is 29.1 Å². The molecule has 0 unspecified atom stereocenters. The molecule has 0 atom stereocenters. The van der Waals surface area contributed by atoms with Crippen LogP contribution in [0, 0.1) is 11.6 Å². The molecule has 0 saturated heterocycles. The zero-order chi connectivity index (χ0) is 23.8. The molecule has 2 heterocycles. The Morgan fingerprint density at radius 2 is 1.79 bits per heavy atom. The summed E-state index contributed by atoms with van der Waals surface area (Å²) in [6.07, 6.45) is 1.26. The first-order chi connectivity index (χ1) is 15.5. The van der Waals surface area contributed by atoms with Crippen LogP contribution in [0.4, 0.5) is 27.6 Å². The number of hydrogen-bond donors (Lipinski definition) is 1. The summed E-state index contributed by atoms with van der Waals surface area (Å²) in [5.74, 6) is -2.05. The number of alkyl halides is 3. The van der Waals surface area contributed by atoms with Crippen molar-refractivity contribution < 1.29 is 30.4 Å². The van der Waals surface area contributed by atoms with Crippen LogP contribution in [0.3, 0.4) is 0 Å². The van der Waals surface area contributed by atoms with E-state index in [-0.39, 0.29) is 5.69 Å². The molecule has 2 aromatic carbocycles. The van der Waals surface area contributed by atoms with Crippen LogP contribution in [0.15, 0.2) is 64.8 Å². The topological polar surface area (TPSA) is 76.3 Å². The van der Waals surface area contributed by atoms with Gasteiger partial charge in [-0.25, -0.2) is 17.2 Å². The summed E-state index contributed by atoms with van der Waals surface area (Å²) in [5.41, 5.74) is 2.49. The van der Waals surface area contributed by atoms with E-state index in [0.29, 0.717) is 41.6 Å². The van der Waals surface area contributed by atoms with E-state index in [2.05, 4.69) is 14.8 Å². The third kappa shape index (κ3) is 5.45. The van der Waals surface area contributed by atoms with E-state index >= 15 is 0 Å². The third-order valence-electron chi connectivity index (χ3n) is 4.63. The van der Waals surface area contributed by atoms with Gasteiger partial charge >= 0.3 is 6.18 Å². The quantitative estimate of drug-likeness (QED) is 0.524. The fourth-order valence-electron chi connectivity index (χ4n) is 3.22. The molecule has 1 aliphatic rings. The van der Waals surface area contributed by atoms with E-state index in [1.807, 2.05) is 0 Å². The summed E-state index contributed by atoms with van der Waals surface area (Å²) in [5, 5.41) is 3.66. The first kappa shape index (κ1) is 22.6. The number of aromatic nitrogens is 2. The standard InChI is InChI=1S/C21H15F5N4O2S/c22-15-5-16(23)7-18(6-15)33(31,32)29-17-3-2-14-10-27-20(19(14)8-17)4-1-13-9-28-30(11-13)12-21(24,25)26/h1-9,11,29H,10,12H2/b4-1+. The minimum absolute atomic E-state index is 0.152. The minimum Gasteiger partial charge on any atom is -0.280 e. The lowest BCUT2D eigenvalue weighted by molar-refractivity contribution is -0.142. The molecule has 0 amide bonds. The van der Waals surface area contributed by atoms with Gasteiger partial charge in [-0.2, -0.15) is 18.3 Å². The predicted octanol–water partition coefficient (Wildman–Crippen LogP) is 4.54. The highest BCUT2D eigenvalue weighted by Gasteiger charge is 2.28. The summed E-state index contributed by atoms with van der Waals surface area (Å²) < 4.78 is 92.3. The van der Waals surface area contributed by atoms with Crippen molar-refractivity contribution in [2.45, 2.75) is 24.2 Å². The number of nitrogens with zero attached hydrogens (tertiary/aromatic N) is 3. The van der Waals surface area contributed by atoms with Crippen LogP contribution in [-0.2, 0) is 23.1 Å². The van der Waals surface area contributed by atoms with E-state index in [1.54, 1.807) is 18.2 Å². The molecule has 172 valence electrons. The highest BCUT2D eigenvalue weighted by Crippen LogP contribution is 2.26. The van der Waals surface area contributed by atoms with Gasteiger partial charge in [-0.15, -0.1) is 0 Å². The molecule has 0 saturated carbocycles. The minimum atomic E-state index is -4.39. The van der Waals surface area contributed by atoms with Gasteiger partial charge < -0.3 is 0 Å². The Kier molecular flexibility index (Phi) is 5.78. The number of rotatable bonds is 6. The zero-order valence-electron chi connectivity index (χ0n) is 16.6. The van der Waals surface area contributed by atoms with Crippen LogP contribution in [0.5, 0.6) is 0 Å². The average molecular weight is 482 g/mol. The first-order valence-electron chi connectivity index (χ1n) is 9.42. The van der Waals surface area contributed by atoms with E-state index in [9.17, 15) is 30.4 Å². The molecule has 4 rings (SSSR count). The van der Waals surface area contributed by atoms with E-state index in [0.717, 1.165) is 10.2 Å². The lowest BCUT2D eigenvalue weighted by atomic mass is 10.0. The molecular weight excluding hydrogens is 467 g/mol. The Bertz CT molecular complexity index is 1360. The molecular formula is C21H15F5N4O2S. The first-order valence-corrected chi connectivity index (χ1v) is 10.9. The molecule has 0 spiro atoms. The van der Waals surface area contributed by atoms with Gasteiger partial charge in [0.1, 0.15) is 18.2 Å². The van der Waals surface area contributed by atoms with Crippen LogP contribution in [-0.4, -0.2) is 30.1 Å². The van der Waals surface area contributed by atoms with E-state index in [4.69, 9.17) is 0 Å². The van der Waals surface area contributed by atoms with Crippen LogP contribution >= 0.6 is 0 Å². The average Bonchev–Trinajstić information content (AvgIpc) is 3.30. The van der Waals surface area contributed by atoms with Crippen molar-refractivity contribution in [2.24, 2.45) is 4.99 Å². The number of sulfonamides is 1. The molecule has 12 heteroatoms. The van der Waals surface area contributed by atoms with Crippen molar-refractivity contribution in [1.29, 1.82) is 0 Å². The smallest absolute Gasteiger partial charge is 0.280 e. The number of aliphatic imine (C=N–C) groups is 1. The summed E-state index contributed by atoms with van der Waals surface area (Å²) in [7, 11) is -4.25. The monoisotopic (exact) mass is 482 g/mol. The van der Waals surface area contributed by atoms with Gasteiger partial charge in [0.05, 0.1) is 23.3 Å². The van der Waals surface area contributed by atoms with Crippen molar-refractivity contribution in [3.8, 4) is 0 Å². The summed E-state index contributed by atoms with van der Waals surface area (Å²) in [4.78, 5) is 3.79. The third-order valence-corrected chi connectivity index (χ3v) is 5.99. The number of hydrogen-bond acceptors (Lipinski definition) is 4. The molecule has 0 fully saturated rings. The molecule has 0 bridgehead atoms. The molecule has 1 aliphatic heterocycles. The molecule has 0 aliphatic carbocycles. The molecule has 6 nitrogen and oxygen atoms in total. The zero-order valence-corrected chi connectivity index (χ0v) is 17.5. The SMILES string of the molecule is O=S(=O)(Nc1ccc2c(c1)C(/C=C/c1cnn(CC(F)(F)F)c1)=NC2)c1cc(F)cc(F)c1. The Morgan fingerprint density at radius 1 is 1.06 bits per heavy atom. The second kappa shape index (κ2) is 8.43.